The van der Waals surface area contributed by atoms with E-state index in [1.165, 1.54) is 5.56 Å². The lowest BCUT2D eigenvalue weighted by atomic mass is 10.1. The minimum absolute atomic E-state index is 0.137. The Morgan fingerprint density at radius 3 is 2.66 bits per heavy atom. The molecule has 0 fully saturated rings. The van der Waals surface area contributed by atoms with Crippen molar-refractivity contribution >= 4 is 28.3 Å². The lowest BCUT2D eigenvalue weighted by Crippen LogP contribution is -2.27. The van der Waals surface area contributed by atoms with Crippen LogP contribution in [0.5, 0.6) is 5.75 Å². The second-order valence-electron chi connectivity index (χ2n) is 7.25. The zero-order chi connectivity index (χ0) is 20.2. The lowest BCUT2D eigenvalue weighted by molar-refractivity contribution is -0.116. The van der Waals surface area contributed by atoms with E-state index in [1.54, 1.807) is 13.2 Å². The number of methoxy groups -OCH3 is 1. The van der Waals surface area contributed by atoms with Gasteiger partial charge in [0.2, 0.25) is 5.91 Å². The Morgan fingerprint density at radius 2 is 1.83 bits per heavy atom. The van der Waals surface area contributed by atoms with Crippen LogP contribution in [-0.2, 0) is 17.6 Å². The van der Waals surface area contributed by atoms with Crippen molar-refractivity contribution in [3.8, 4) is 5.75 Å². The van der Waals surface area contributed by atoms with Gasteiger partial charge in [-0.2, -0.15) is 0 Å². The SMILES string of the molecule is COc1ccc2c(c1NC(=O)CCNC(=O)c1ccc3ccccc3c1)CCC2. The van der Waals surface area contributed by atoms with E-state index in [0.717, 1.165) is 41.3 Å². The highest BCUT2D eigenvalue weighted by Crippen LogP contribution is 2.36. The molecule has 3 aromatic carbocycles. The number of nitrogens with one attached hydrogen (secondary N) is 2. The average Bonchev–Trinajstić information content (AvgIpc) is 3.23. The number of benzene rings is 3. The summed E-state index contributed by atoms with van der Waals surface area (Å²) in [7, 11) is 1.61. The maximum Gasteiger partial charge on any atom is 0.251 e. The van der Waals surface area contributed by atoms with Crippen LogP contribution in [0.3, 0.4) is 0 Å². The van der Waals surface area contributed by atoms with Gasteiger partial charge in [-0.3, -0.25) is 9.59 Å². The molecule has 1 aliphatic carbocycles. The number of anilines is 1. The van der Waals surface area contributed by atoms with Crippen LogP contribution in [-0.4, -0.2) is 25.5 Å². The molecule has 29 heavy (non-hydrogen) atoms. The van der Waals surface area contributed by atoms with Crippen LogP contribution >= 0.6 is 0 Å². The molecule has 0 saturated carbocycles. The van der Waals surface area contributed by atoms with Crippen LogP contribution in [0.25, 0.3) is 10.8 Å². The van der Waals surface area contributed by atoms with Gasteiger partial charge in [0.05, 0.1) is 12.8 Å². The Hall–Kier alpha value is -3.34. The number of amides is 2. The Bertz CT molecular complexity index is 1070. The fourth-order valence-electron chi connectivity index (χ4n) is 3.88. The predicted octanol–water partition coefficient (Wildman–Crippen LogP) is 4.10. The van der Waals surface area contributed by atoms with Crippen LogP contribution in [0.2, 0.25) is 0 Å². The van der Waals surface area contributed by atoms with E-state index >= 15 is 0 Å². The molecule has 1 aliphatic rings. The van der Waals surface area contributed by atoms with Crippen molar-refractivity contribution in [2.45, 2.75) is 25.7 Å². The first kappa shape index (κ1) is 19.0. The minimum Gasteiger partial charge on any atom is -0.495 e. The third kappa shape index (κ3) is 4.09. The molecule has 0 heterocycles. The summed E-state index contributed by atoms with van der Waals surface area (Å²) in [5.74, 6) is 0.364. The van der Waals surface area contributed by atoms with E-state index in [2.05, 4.69) is 16.7 Å². The van der Waals surface area contributed by atoms with Gasteiger partial charge in [-0.1, -0.05) is 36.4 Å². The molecule has 0 bridgehead atoms. The monoisotopic (exact) mass is 388 g/mol. The number of hydrogen-bond acceptors (Lipinski definition) is 3. The van der Waals surface area contributed by atoms with Gasteiger partial charge in [0.15, 0.2) is 0 Å². The van der Waals surface area contributed by atoms with Gasteiger partial charge >= 0.3 is 0 Å². The van der Waals surface area contributed by atoms with Crippen LogP contribution in [0, 0.1) is 0 Å². The van der Waals surface area contributed by atoms with Crippen molar-refractivity contribution in [3.63, 3.8) is 0 Å². The molecule has 0 spiro atoms. The van der Waals surface area contributed by atoms with Gasteiger partial charge in [0, 0.05) is 18.5 Å². The number of carbonyl (C=O) groups excluding carboxylic acids is 2. The Labute approximate surface area is 170 Å². The molecule has 0 radical (unpaired) electrons. The summed E-state index contributed by atoms with van der Waals surface area (Å²) in [5.41, 5.74) is 3.80. The van der Waals surface area contributed by atoms with Crippen molar-refractivity contribution in [1.82, 2.24) is 5.32 Å². The third-order valence-corrected chi connectivity index (χ3v) is 5.38. The van der Waals surface area contributed by atoms with Gasteiger partial charge < -0.3 is 15.4 Å². The van der Waals surface area contributed by atoms with Crippen molar-refractivity contribution < 1.29 is 14.3 Å². The van der Waals surface area contributed by atoms with E-state index in [4.69, 9.17) is 4.74 Å². The molecule has 148 valence electrons. The first-order chi connectivity index (χ1) is 14.2. The van der Waals surface area contributed by atoms with Crippen molar-refractivity contribution in [2.24, 2.45) is 0 Å². The largest absolute Gasteiger partial charge is 0.495 e. The molecule has 0 saturated heterocycles. The molecule has 3 aromatic rings. The second kappa shape index (κ2) is 8.35. The summed E-state index contributed by atoms with van der Waals surface area (Å²) >= 11 is 0. The lowest BCUT2D eigenvalue weighted by Gasteiger charge is -2.15. The quantitative estimate of drug-likeness (QED) is 0.668. The highest BCUT2D eigenvalue weighted by atomic mass is 16.5. The van der Waals surface area contributed by atoms with Crippen molar-refractivity contribution in [3.05, 3.63) is 71.3 Å². The minimum atomic E-state index is -0.179. The van der Waals surface area contributed by atoms with Gasteiger partial charge in [-0.25, -0.2) is 0 Å². The maximum atomic E-state index is 12.5. The molecule has 5 nitrogen and oxygen atoms in total. The summed E-state index contributed by atoms with van der Waals surface area (Å²) in [6.07, 6.45) is 3.27. The fourth-order valence-corrected chi connectivity index (χ4v) is 3.88. The van der Waals surface area contributed by atoms with Gasteiger partial charge in [-0.05, 0) is 59.4 Å². The summed E-state index contributed by atoms with van der Waals surface area (Å²) in [6, 6.07) is 17.5. The molecular weight excluding hydrogens is 364 g/mol. The first-order valence-electron chi connectivity index (χ1n) is 9.91. The number of rotatable bonds is 6. The maximum absolute atomic E-state index is 12.5. The van der Waals surface area contributed by atoms with Gasteiger partial charge in [-0.15, -0.1) is 0 Å². The van der Waals surface area contributed by atoms with E-state index in [1.807, 2.05) is 42.5 Å². The molecule has 0 aromatic heterocycles. The molecule has 0 aliphatic heterocycles. The van der Waals surface area contributed by atoms with E-state index in [0.29, 0.717) is 11.3 Å². The van der Waals surface area contributed by atoms with Crippen LogP contribution in [0.4, 0.5) is 5.69 Å². The first-order valence-corrected chi connectivity index (χ1v) is 9.91. The number of ether oxygens (including phenoxy) is 1. The number of fused-ring (bicyclic) bond motifs is 2. The molecule has 0 atom stereocenters. The highest BCUT2D eigenvalue weighted by Gasteiger charge is 2.20. The molecular formula is C24H24N2O3. The zero-order valence-corrected chi connectivity index (χ0v) is 16.5. The summed E-state index contributed by atoms with van der Waals surface area (Å²) < 4.78 is 5.42. The summed E-state index contributed by atoms with van der Waals surface area (Å²) in [5, 5.41) is 7.92. The standard InChI is InChI=1S/C24H24N2O3/c1-29-21-12-11-17-7-4-8-20(17)23(21)26-22(27)13-14-25-24(28)19-10-9-16-5-2-3-6-18(16)15-19/h2-3,5-6,9-12,15H,4,7-8,13-14H2,1H3,(H,25,28)(H,26,27). The van der Waals surface area contributed by atoms with Crippen LogP contribution in [0.1, 0.15) is 34.3 Å². The van der Waals surface area contributed by atoms with E-state index < -0.39 is 0 Å². The summed E-state index contributed by atoms with van der Waals surface area (Å²) in [4.78, 5) is 24.9. The molecule has 4 rings (SSSR count). The van der Waals surface area contributed by atoms with Crippen LogP contribution < -0.4 is 15.4 Å². The smallest absolute Gasteiger partial charge is 0.251 e. The average molecular weight is 388 g/mol. The normalized spacial score (nSPS) is 12.4. The number of hydrogen-bond donors (Lipinski definition) is 2. The van der Waals surface area contributed by atoms with E-state index in [-0.39, 0.29) is 24.8 Å². The highest BCUT2D eigenvalue weighted by molar-refractivity contribution is 5.99. The van der Waals surface area contributed by atoms with Gasteiger partial charge in [0.25, 0.3) is 5.91 Å². The Morgan fingerprint density at radius 1 is 1.00 bits per heavy atom. The number of carbonyl (C=O) groups is 2. The third-order valence-electron chi connectivity index (χ3n) is 5.38. The zero-order valence-electron chi connectivity index (χ0n) is 16.5. The van der Waals surface area contributed by atoms with Crippen LogP contribution in [0.15, 0.2) is 54.6 Å². The summed E-state index contributed by atoms with van der Waals surface area (Å²) in [6.45, 7) is 0.273. The topological polar surface area (TPSA) is 67.4 Å². The number of aryl methyl sites for hydroxylation is 1. The predicted molar refractivity (Wildman–Crippen MR) is 115 cm³/mol. The Kier molecular flexibility index (Phi) is 5.47. The van der Waals surface area contributed by atoms with Gasteiger partial charge in [0.1, 0.15) is 5.75 Å². The molecule has 0 unspecified atom stereocenters. The second-order valence-corrected chi connectivity index (χ2v) is 7.25. The van der Waals surface area contributed by atoms with E-state index in [9.17, 15) is 9.59 Å². The molecule has 2 N–H and O–H groups in total. The van der Waals surface area contributed by atoms with Crippen molar-refractivity contribution in [1.29, 1.82) is 0 Å². The van der Waals surface area contributed by atoms with Crippen molar-refractivity contribution in [2.75, 3.05) is 19.0 Å². The molecule has 5 heteroatoms. The molecule has 2 amide bonds. The fraction of sp³-hybridized carbons (Fsp3) is 0.250. The Balaban J connectivity index is 1.35.